The molecule has 0 amide bonds. The van der Waals surface area contributed by atoms with E-state index >= 15 is 0 Å². The van der Waals surface area contributed by atoms with Crippen LogP contribution in [0.1, 0.15) is 85.5 Å². The van der Waals surface area contributed by atoms with Gasteiger partial charge < -0.3 is 0 Å². The molecule has 1 atom stereocenters. The van der Waals surface area contributed by atoms with Crippen LogP contribution >= 0.6 is 0 Å². The fraction of sp³-hybridized carbons (Fsp3) is 1.00. The third-order valence-corrected chi connectivity index (χ3v) is 3.69. The molecule has 0 N–H and O–H groups in total. The summed E-state index contributed by atoms with van der Waals surface area (Å²) in [4.78, 5) is 0. The molecular weight excluding hydrogens is 180 g/mol. The third-order valence-electron chi connectivity index (χ3n) is 3.69. The number of unbranched alkanes of at least 4 members (excludes halogenated alkanes) is 4. The van der Waals surface area contributed by atoms with Crippen molar-refractivity contribution < 1.29 is 0 Å². The van der Waals surface area contributed by atoms with E-state index in [4.69, 9.17) is 0 Å². The van der Waals surface area contributed by atoms with E-state index < -0.39 is 0 Å². The molecule has 0 saturated heterocycles. The van der Waals surface area contributed by atoms with Crippen molar-refractivity contribution in [1.29, 1.82) is 0 Å². The fourth-order valence-corrected chi connectivity index (χ4v) is 2.41. The van der Waals surface area contributed by atoms with Gasteiger partial charge in [0.15, 0.2) is 0 Å². The Hall–Kier alpha value is 0. The minimum absolute atomic E-state index is 0.955. The van der Waals surface area contributed by atoms with Gasteiger partial charge in [0.25, 0.3) is 0 Å². The predicted octanol–water partition coefficient (Wildman–Crippen LogP) is 5.81. The van der Waals surface area contributed by atoms with Crippen molar-refractivity contribution >= 4 is 0 Å². The average molecular weight is 212 g/mol. The third kappa shape index (κ3) is 8.96. The highest BCUT2D eigenvalue weighted by atomic mass is 14.1. The summed E-state index contributed by atoms with van der Waals surface area (Å²) in [6, 6.07) is 0. The Kier molecular flexibility index (Phi) is 10.5. The Balaban J connectivity index is 3.35. The molecule has 0 aliphatic rings. The molecule has 0 spiro atoms. The summed E-state index contributed by atoms with van der Waals surface area (Å²) in [7, 11) is 0. The largest absolute Gasteiger partial charge is 0.0654 e. The van der Waals surface area contributed by atoms with Gasteiger partial charge in [-0.1, -0.05) is 79.1 Å². The molecule has 0 heterocycles. The van der Waals surface area contributed by atoms with Gasteiger partial charge in [0.2, 0.25) is 0 Å². The van der Waals surface area contributed by atoms with E-state index in [9.17, 15) is 0 Å². The van der Waals surface area contributed by atoms with Gasteiger partial charge in [-0.15, -0.1) is 0 Å². The van der Waals surface area contributed by atoms with Gasteiger partial charge in [-0.25, -0.2) is 0 Å². The van der Waals surface area contributed by atoms with Gasteiger partial charge >= 0.3 is 0 Å². The minimum atomic E-state index is 0.955. The first-order chi connectivity index (χ1) is 7.24. The van der Waals surface area contributed by atoms with Gasteiger partial charge in [0.05, 0.1) is 0 Å². The van der Waals surface area contributed by atoms with E-state index in [1.165, 1.54) is 57.8 Å². The van der Waals surface area contributed by atoms with Crippen LogP contribution in [0.4, 0.5) is 0 Å². The molecule has 0 radical (unpaired) electrons. The van der Waals surface area contributed by atoms with Crippen molar-refractivity contribution in [2.75, 3.05) is 0 Å². The Morgan fingerprint density at radius 2 is 1.40 bits per heavy atom. The lowest BCUT2D eigenvalue weighted by Gasteiger charge is -2.18. The molecule has 15 heavy (non-hydrogen) atoms. The summed E-state index contributed by atoms with van der Waals surface area (Å²) in [5.74, 6) is 1.94. The van der Waals surface area contributed by atoms with Gasteiger partial charge in [0, 0.05) is 0 Å². The first-order valence-electron chi connectivity index (χ1n) is 7.24. The Bertz CT molecular complexity index is 113. The summed E-state index contributed by atoms with van der Waals surface area (Å²) in [6.07, 6.45) is 12.8. The predicted molar refractivity (Wildman–Crippen MR) is 71.2 cm³/mol. The van der Waals surface area contributed by atoms with Gasteiger partial charge in [-0.05, 0) is 18.3 Å². The zero-order valence-corrected chi connectivity index (χ0v) is 11.5. The second kappa shape index (κ2) is 10.5. The maximum atomic E-state index is 2.44. The molecule has 0 aromatic rings. The molecule has 0 aromatic heterocycles. The highest BCUT2D eigenvalue weighted by Gasteiger charge is 2.09. The average Bonchev–Trinajstić information content (AvgIpc) is 2.25. The molecule has 0 saturated carbocycles. The van der Waals surface area contributed by atoms with Crippen LogP contribution in [0.25, 0.3) is 0 Å². The Labute approximate surface area is 97.8 Å². The molecule has 0 rings (SSSR count). The second-order valence-electron chi connectivity index (χ2n) is 5.23. The standard InChI is InChI=1S/C15H32/c1-5-8-9-10-11-12-14(4)13-15(6-2)7-3/h14-15H,5-13H2,1-4H3. The van der Waals surface area contributed by atoms with Gasteiger partial charge in [-0.2, -0.15) is 0 Å². The number of hydrogen-bond acceptors (Lipinski definition) is 0. The summed E-state index contributed by atoms with van der Waals surface area (Å²) in [5, 5.41) is 0. The molecule has 0 heteroatoms. The molecule has 92 valence electrons. The molecule has 0 aromatic carbocycles. The van der Waals surface area contributed by atoms with Crippen molar-refractivity contribution in [3.8, 4) is 0 Å². The SMILES string of the molecule is CCCCCCCC(C)CC(CC)CC. The van der Waals surface area contributed by atoms with Crippen LogP contribution in [0.15, 0.2) is 0 Å². The van der Waals surface area contributed by atoms with Crippen LogP contribution in [0.3, 0.4) is 0 Å². The molecule has 0 fully saturated rings. The van der Waals surface area contributed by atoms with E-state index in [-0.39, 0.29) is 0 Å². The van der Waals surface area contributed by atoms with Crippen molar-refractivity contribution in [3.63, 3.8) is 0 Å². The van der Waals surface area contributed by atoms with Crippen molar-refractivity contribution in [2.24, 2.45) is 11.8 Å². The monoisotopic (exact) mass is 212 g/mol. The molecule has 0 aliphatic heterocycles. The zero-order chi connectivity index (χ0) is 11.5. The lowest BCUT2D eigenvalue weighted by Crippen LogP contribution is -2.04. The van der Waals surface area contributed by atoms with Crippen molar-refractivity contribution in [2.45, 2.75) is 85.5 Å². The number of rotatable bonds is 10. The summed E-state index contributed by atoms with van der Waals surface area (Å²) in [5.41, 5.74) is 0. The lowest BCUT2D eigenvalue weighted by atomic mass is 9.88. The molecule has 0 bridgehead atoms. The smallest absolute Gasteiger partial charge is 0.0417 e. The molecule has 0 aliphatic carbocycles. The van der Waals surface area contributed by atoms with E-state index in [0.29, 0.717) is 0 Å². The second-order valence-corrected chi connectivity index (χ2v) is 5.23. The van der Waals surface area contributed by atoms with Crippen LogP contribution < -0.4 is 0 Å². The normalized spacial score (nSPS) is 13.4. The highest BCUT2D eigenvalue weighted by molar-refractivity contribution is 4.61. The molecule has 0 nitrogen and oxygen atoms in total. The maximum absolute atomic E-state index is 2.44. The van der Waals surface area contributed by atoms with Crippen LogP contribution in [0.5, 0.6) is 0 Å². The van der Waals surface area contributed by atoms with Gasteiger partial charge in [0.1, 0.15) is 0 Å². The van der Waals surface area contributed by atoms with Crippen molar-refractivity contribution in [3.05, 3.63) is 0 Å². The van der Waals surface area contributed by atoms with Crippen molar-refractivity contribution in [1.82, 2.24) is 0 Å². The van der Waals surface area contributed by atoms with E-state index in [2.05, 4.69) is 27.7 Å². The molecule has 1 unspecified atom stereocenters. The highest BCUT2D eigenvalue weighted by Crippen LogP contribution is 2.22. The summed E-state index contributed by atoms with van der Waals surface area (Å²) in [6.45, 7) is 9.40. The van der Waals surface area contributed by atoms with Gasteiger partial charge in [-0.3, -0.25) is 0 Å². The maximum Gasteiger partial charge on any atom is -0.0417 e. The van der Waals surface area contributed by atoms with E-state index in [1.54, 1.807) is 0 Å². The number of hydrogen-bond donors (Lipinski definition) is 0. The van der Waals surface area contributed by atoms with E-state index in [1.807, 2.05) is 0 Å². The topological polar surface area (TPSA) is 0 Å². The van der Waals surface area contributed by atoms with Crippen LogP contribution in [0.2, 0.25) is 0 Å². The molecular formula is C15H32. The minimum Gasteiger partial charge on any atom is -0.0654 e. The lowest BCUT2D eigenvalue weighted by molar-refractivity contribution is 0.347. The van der Waals surface area contributed by atoms with Crippen LogP contribution in [-0.2, 0) is 0 Å². The first-order valence-corrected chi connectivity index (χ1v) is 7.24. The first kappa shape index (κ1) is 15.0. The summed E-state index contributed by atoms with van der Waals surface area (Å²) < 4.78 is 0. The Morgan fingerprint density at radius 3 is 1.93 bits per heavy atom. The van der Waals surface area contributed by atoms with Crippen LogP contribution in [0, 0.1) is 11.8 Å². The zero-order valence-electron chi connectivity index (χ0n) is 11.5. The summed E-state index contributed by atoms with van der Waals surface area (Å²) >= 11 is 0. The Morgan fingerprint density at radius 1 is 0.800 bits per heavy atom. The fourth-order valence-electron chi connectivity index (χ4n) is 2.41. The van der Waals surface area contributed by atoms with Crippen LogP contribution in [-0.4, -0.2) is 0 Å². The quantitative estimate of drug-likeness (QED) is 0.401. The van der Waals surface area contributed by atoms with E-state index in [0.717, 1.165) is 11.8 Å².